The van der Waals surface area contributed by atoms with Gasteiger partial charge in [0.05, 0.1) is 44.1 Å². The van der Waals surface area contributed by atoms with Crippen molar-refractivity contribution in [1.29, 1.82) is 5.41 Å². The summed E-state index contributed by atoms with van der Waals surface area (Å²) in [6, 6.07) is 7.90. The number of nitrogens with one attached hydrogen (secondary N) is 2. The van der Waals surface area contributed by atoms with Crippen LogP contribution in [0.2, 0.25) is 0 Å². The number of allylic oxidation sites excluding steroid dienone is 3. The molecule has 1 saturated heterocycles. The molecule has 0 spiro atoms. The second-order valence-corrected chi connectivity index (χ2v) is 21.3. The van der Waals surface area contributed by atoms with Gasteiger partial charge in [-0.3, -0.25) is 10.1 Å². The molecule has 1 aromatic carbocycles. The Labute approximate surface area is 342 Å². The van der Waals surface area contributed by atoms with Gasteiger partial charge in [-0.2, -0.15) is 5.10 Å². The predicted octanol–water partition coefficient (Wildman–Crippen LogP) is 9.48. The smallest absolute Gasteiger partial charge is 0.299 e. The zero-order chi connectivity index (χ0) is 41.1. The van der Waals surface area contributed by atoms with E-state index in [9.17, 15) is 15.6 Å². The molecular weight excluding hydrogens is 731 g/mol. The topological polar surface area (TPSA) is 149 Å². The minimum absolute atomic E-state index is 0.124. The molecule has 3 aromatic rings. The average Bonchev–Trinajstić information content (AvgIpc) is 3.67. The van der Waals surface area contributed by atoms with Crippen molar-refractivity contribution < 1.29 is 14.7 Å². The molecule has 2 aliphatic heterocycles. The largest absolute Gasteiger partial charge is 0.480 e. The van der Waals surface area contributed by atoms with Crippen LogP contribution in [-0.4, -0.2) is 80.3 Å². The van der Waals surface area contributed by atoms with Crippen LogP contribution in [0.5, 0.6) is 0 Å². The number of hydrogen-bond donors (Lipinski definition) is 5. The monoisotopic (exact) mass is 794 g/mol. The molecule has 0 atom stereocenters. The summed E-state index contributed by atoms with van der Waals surface area (Å²) in [7, 11) is 6.90. The van der Waals surface area contributed by atoms with Crippen molar-refractivity contribution in [2.24, 2.45) is 32.4 Å². The molecular formula is C45H64N9O2S+. The van der Waals surface area contributed by atoms with Crippen molar-refractivity contribution in [2.75, 3.05) is 34.2 Å². The molecule has 0 radical (unpaired) electrons. The zero-order valence-corrected chi connectivity index (χ0v) is 36.4. The Hall–Kier alpha value is -4.42. The lowest BCUT2D eigenvalue weighted by Crippen LogP contribution is -2.53. The van der Waals surface area contributed by atoms with Gasteiger partial charge in [-0.15, -0.1) is 0 Å². The van der Waals surface area contributed by atoms with E-state index in [-0.39, 0.29) is 21.9 Å². The van der Waals surface area contributed by atoms with Gasteiger partial charge >= 0.3 is 0 Å². The first-order valence-corrected chi connectivity index (χ1v) is 21.4. The van der Waals surface area contributed by atoms with Crippen molar-refractivity contribution >= 4 is 43.9 Å². The van der Waals surface area contributed by atoms with Gasteiger partial charge in [0.1, 0.15) is 23.2 Å². The number of para-hydroxylation sites is 1. The van der Waals surface area contributed by atoms with Crippen molar-refractivity contribution in [1.82, 2.24) is 25.0 Å². The number of quaternary nitrogens is 1. The molecule has 2 aliphatic carbocycles. The molecule has 4 aliphatic rings. The van der Waals surface area contributed by atoms with E-state index in [0.29, 0.717) is 46.6 Å². The third-order valence-corrected chi connectivity index (χ3v) is 13.7. The summed E-state index contributed by atoms with van der Waals surface area (Å²) >= 11 is 1.48. The fourth-order valence-corrected chi connectivity index (χ4v) is 12.5. The molecule has 4 heterocycles. The number of rotatable bonds is 10. The number of aliphatic hydroxyl groups excluding tert-OH is 1. The van der Waals surface area contributed by atoms with Crippen molar-refractivity contribution in [3.05, 3.63) is 82.5 Å². The molecule has 57 heavy (non-hydrogen) atoms. The third-order valence-electron chi connectivity index (χ3n) is 12.7. The highest BCUT2D eigenvalue weighted by molar-refractivity contribution is 7.22. The summed E-state index contributed by atoms with van der Waals surface area (Å²) in [5.41, 5.74) is 12.6. The maximum Gasteiger partial charge on any atom is 0.299 e. The van der Waals surface area contributed by atoms with Crippen LogP contribution in [0.3, 0.4) is 0 Å². The minimum atomic E-state index is -0.804. The first-order valence-electron chi connectivity index (χ1n) is 20.6. The zero-order valence-electron chi connectivity index (χ0n) is 35.6. The van der Waals surface area contributed by atoms with E-state index in [4.69, 9.17) is 10.8 Å². The van der Waals surface area contributed by atoms with E-state index in [0.717, 1.165) is 50.1 Å². The number of benzene rings is 1. The van der Waals surface area contributed by atoms with Crippen LogP contribution in [0.15, 0.2) is 76.2 Å². The fraction of sp³-hybridized carbons (Fsp3) is 0.556. The minimum Gasteiger partial charge on any atom is -0.480 e. The summed E-state index contributed by atoms with van der Waals surface area (Å²) in [4.78, 5) is 11.1. The molecule has 3 fully saturated rings. The normalized spacial score (nSPS) is 25.9. The average molecular weight is 795 g/mol. The first kappa shape index (κ1) is 40.8. The maximum absolute atomic E-state index is 10.7. The Bertz CT molecular complexity index is 2170. The molecule has 2 saturated carbocycles. The lowest BCUT2D eigenvalue weighted by molar-refractivity contribution is -0.870. The second-order valence-electron chi connectivity index (χ2n) is 20.3. The maximum atomic E-state index is 10.7. The van der Waals surface area contributed by atoms with E-state index < -0.39 is 5.95 Å². The Morgan fingerprint density at radius 1 is 1.02 bits per heavy atom. The molecule has 306 valence electrons. The highest BCUT2D eigenvalue weighted by atomic mass is 32.1. The van der Waals surface area contributed by atoms with Gasteiger partial charge in [0.2, 0.25) is 5.13 Å². The molecule has 0 amide bonds. The van der Waals surface area contributed by atoms with Gasteiger partial charge in [-0.1, -0.05) is 51.2 Å². The van der Waals surface area contributed by atoms with E-state index in [1.54, 1.807) is 0 Å². The van der Waals surface area contributed by atoms with E-state index in [1.165, 1.54) is 62.8 Å². The highest BCUT2D eigenvalue weighted by Gasteiger charge is 2.57. The molecule has 11 nitrogen and oxygen atoms in total. The number of amidine groups is 2. The van der Waals surface area contributed by atoms with Gasteiger partial charge in [-0.05, 0) is 123 Å². The number of likely N-dealkylation sites (tertiary alicyclic amines) is 1. The van der Waals surface area contributed by atoms with Crippen LogP contribution in [0.1, 0.15) is 104 Å². The lowest BCUT2D eigenvalue weighted by Gasteiger charge is -2.62. The van der Waals surface area contributed by atoms with E-state index in [1.807, 2.05) is 54.4 Å². The van der Waals surface area contributed by atoms with Gasteiger partial charge in [0, 0.05) is 35.5 Å². The number of piperidine rings is 1. The number of dihydropyridines is 1. The number of aliphatic hydroxyl groups is 2. The number of fused-ring (bicyclic) bond motifs is 3. The summed E-state index contributed by atoms with van der Waals surface area (Å²) in [6.45, 7) is 16.5. The van der Waals surface area contributed by atoms with Crippen LogP contribution in [0, 0.1) is 34.0 Å². The van der Waals surface area contributed by atoms with Crippen molar-refractivity contribution in [2.45, 2.75) is 106 Å². The molecule has 0 unspecified atom stereocenters. The van der Waals surface area contributed by atoms with E-state index in [2.05, 4.69) is 75.7 Å². The quantitative estimate of drug-likeness (QED) is 0.0594. The van der Waals surface area contributed by atoms with Gasteiger partial charge in [0.25, 0.3) is 5.95 Å². The van der Waals surface area contributed by atoms with Gasteiger partial charge < -0.3 is 30.6 Å². The van der Waals surface area contributed by atoms with Crippen LogP contribution in [-0.2, 0) is 6.54 Å². The van der Waals surface area contributed by atoms with Gasteiger partial charge in [-0.25, -0.2) is 9.98 Å². The Balaban J connectivity index is 1.14. The Morgan fingerprint density at radius 2 is 1.70 bits per heavy atom. The molecule has 2 aromatic heterocycles. The van der Waals surface area contributed by atoms with Crippen LogP contribution < -0.4 is 11.1 Å². The molecule has 2 bridgehead atoms. The SMILES string of the molecule is CC(=C1\CCCN(C2=CC=C(c3cnn(CC45CC(C)(C)CC(CCC[N+](C)(C)C)(CC(C)(C)C4)C5)c3C)C(=C(O)O)N2)C1=N)/C(N)=N\c1nc2ccccc2s1. The van der Waals surface area contributed by atoms with Crippen LogP contribution in [0.25, 0.3) is 15.8 Å². The highest BCUT2D eigenvalue weighted by Crippen LogP contribution is 2.67. The van der Waals surface area contributed by atoms with Crippen LogP contribution in [0.4, 0.5) is 5.13 Å². The van der Waals surface area contributed by atoms with Crippen LogP contribution >= 0.6 is 11.3 Å². The number of nitrogens with zero attached hydrogens (tertiary/aromatic N) is 6. The van der Waals surface area contributed by atoms with Crippen molar-refractivity contribution in [3.63, 3.8) is 0 Å². The number of nitrogens with two attached hydrogens (primary N) is 1. The van der Waals surface area contributed by atoms with Gasteiger partial charge in [0.15, 0.2) is 0 Å². The lowest BCUT2D eigenvalue weighted by atomic mass is 9.43. The molecule has 12 heteroatoms. The standard InChI is InChI=1S/C45H63N9O2S/c1-29(38(46)51-41-49-34-15-10-11-16-35(34)57-41)31-14-12-20-52(39(31)47)36-18-17-32(37(50-36)40(55)56)33-22-48-53(30(33)2)28-45-25-42(3,4)23-44(27-45,24-43(5,6)26-45)19-13-21-54(7,8)9/h10-11,15-18,22H,12-14,19-21,23-28H2,1-9H3,(H5-,46,47,49,50,51,55,56)/p+1. The Morgan fingerprint density at radius 3 is 2.37 bits per heavy atom. The summed E-state index contributed by atoms with van der Waals surface area (Å²) in [6.07, 6.45) is 15.8. The third kappa shape index (κ3) is 8.58. The molecule has 7 rings (SSSR count). The number of aromatic nitrogens is 3. The Kier molecular flexibility index (Phi) is 10.5. The fourth-order valence-electron chi connectivity index (χ4n) is 11.6. The number of hydrogen-bond acceptors (Lipinski definition) is 8. The molecule has 6 N–H and O–H groups in total. The number of thiazole rings is 1. The van der Waals surface area contributed by atoms with E-state index >= 15 is 0 Å². The van der Waals surface area contributed by atoms with Crippen molar-refractivity contribution in [3.8, 4) is 0 Å². The number of aliphatic imine (C=N–C) groups is 1. The second kappa shape index (κ2) is 14.8. The first-order chi connectivity index (χ1) is 26.7. The summed E-state index contributed by atoms with van der Waals surface area (Å²) < 4.78 is 4.22. The predicted molar refractivity (Wildman–Crippen MR) is 233 cm³/mol. The summed E-state index contributed by atoms with van der Waals surface area (Å²) in [5.74, 6) is 0.423. The summed E-state index contributed by atoms with van der Waals surface area (Å²) in [5, 5.41) is 39.5.